The number of furan rings is 1. The fourth-order valence-electron chi connectivity index (χ4n) is 4.99. The Morgan fingerprint density at radius 3 is 2.79 bits per heavy atom. The molecule has 1 amide bonds. The van der Waals surface area contributed by atoms with Crippen LogP contribution >= 0.6 is 11.6 Å². The van der Waals surface area contributed by atoms with Crippen molar-refractivity contribution in [3.8, 4) is 11.5 Å². The molecule has 1 fully saturated rings. The molecule has 1 aliphatic carbocycles. The summed E-state index contributed by atoms with van der Waals surface area (Å²) in [6.45, 7) is 5.68. The molecule has 7 heteroatoms. The molecular formula is C27H27ClN4O2. The summed E-state index contributed by atoms with van der Waals surface area (Å²) in [6, 6.07) is 11.7. The number of carbonyl (C=O) groups excluding carboxylic acids is 1. The van der Waals surface area contributed by atoms with Crippen molar-refractivity contribution >= 4 is 39.5 Å². The smallest absolute Gasteiger partial charge is 0.258 e. The molecule has 1 atom stereocenters. The molecule has 34 heavy (non-hydrogen) atoms. The Hall–Kier alpha value is -3.25. The topological polar surface area (TPSA) is 77.3 Å². The van der Waals surface area contributed by atoms with Crippen LogP contribution in [0.2, 0.25) is 5.15 Å². The third-order valence-electron chi connectivity index (χ3n) is 7.21. The highest BCUT2D eigenvalue weighted by atomic mass is 35.5. The van der Waals surface area contributed by atoms with Crippen molar-refractivity contribution in [2.75, 3.05) is 6.54 Å². The van der Waals surface area contributed by atoms with E-state index in [1.165, 1.54) is 12.8 Å². The number of aryl methyl sites for hydroxylation is 1. The predicted molar refractivity (Wildman–Crippen MR) is 134 cm³/mol. The van der Waals surface area contributed by atoms with Gasteiger partial charge in [-0.1, -0.05) is 24.6 Å². The molecule has 2 aliphatic rings. The third kappa shape index (κ3) is 3.48. The molecule has 1 aromatic carbocycles. The van der Waals surface area contributed by atoms with Gasteiger partial charge in [0.2, 0.25) is 0 Å². The zero-order valence-corrected chi connectivity index (χ0v) is 20.1. The number of amides is 1. The van der Waals surface area contributed by atoms with E-state index in [4.69, 9.17) is 21.8 Å². The predicted octanol–water partition coefficient (Wildman–Crippen LogP) is 6.10. The van der Waals surface area contributed by atoms with E-state index in [0.717, 1.165) is 52.1 Å². The Labute approximate surface area is 203 Å². The van der Waals surface area contributed by atoms with Gasteiger partial charge in [-0.2, -0.15) is 0 Å². The number of rotatable bonds is 5. The van der Waals surface area contributed by atoms with Crippen LogP contribution in [0.5, 0.6) is 0 Å². The zero-order valence-electron chi connectivity index (χ0n) is 19.3. The monoisotopic (exact) mass is 474 g/mol. The van der Waals surface area contributed by atoms with Gasteiger partial charge in [0.05, 0.1) is 5.69 Å². The number of halogens is 1. The van der Waals surface area contributed by atoms with Gasteiger partial charge in [0.25, 0.3) is 5.91 Å². The molecule has 6 nitrogen and oxygen atoms in total. The van der Waals surface area contributed by atoms with Crippen LogP contribution < -0.4 is 5.73 Å². The first-order valence-electron chi connectivity index (χ1n) is 11.9. The highest BCUT2D eigenvalue weighted by Crippen LogP contribution is 2.39. The van der Waals surface area contributed by atoms with Crippen LogP contribution in [-0.4, -0.2) is 26.9 Å². The van der Waals surface area contributed by atoms with Gasteiger partial charge >= 0.3 is 0 Å². The average molecular weight is 475 g/mol. The first-order valence-corrected chi connectivity index (χ1v) is 12.3. The number of fused-ring (bicyclic) bond motifs is 2. The lowest BCUT2D eigenvalue weighted by atomic mass is 10.1. The maximum absolute atomic E-state index is 13.2. The number of hydrogen-bond donors (Lipinski definition) is 1. The summed E-state index contributed by atoms with van der Waals surface area (Å²) >= 11 is 6.23. The highest BCUT2D eigenvalue weighted by molar-refractivity contribution is 6.29. The summed E-state index contributed by atoms with van der Waals surface area (Å²) < 4.78 is 8.65. The Bertz CT molecular complexity index is 1480. The van der Waals surface area contributed by atoms with Crippen molar-refractivity contribution in [1.82, 2.24) is 14.5 Å². The summed E-state index contributed by atoms with van der Waals surface area (Å²) in [6.07, 6.45) is 5.16. The summed E-state index contributed by atoms with van der Waals surface area (Å²) in [5.41, 5.74) is 11.1. The third-order valence-corrected chi connectivity index (χ3v) is 7.42. The van der Waals surface area contributed by atoms with Crippen molar-refractivity contribution < 1.29 is 9.21 Å². The molecule has 1 unspecified atom stereocenters. The van der Waals surface area contributed by atoms with Crippen molar-refractivity contribution in [1.29, 1.82) is 0 Å². The molecule has 1 aliphatic heterocycles. The molecule has 2 N–H and O–H groups in total. The standard InChI is InChI=1S/C27H27ClN4O2/c1-3-17-13-31(14-21(17)29)27(33)19-6-8-20-15(2)25(34-23(20)11-19)22-10-18-7-9-24(28)30-26(18)32(22)12-16-4-5-16/h6-11,14,16-17H,3-5,12-13,29H2,1-2H3. The molecule has 0 bridgehead atoms. The van der Waals surface area contributed by atoms with E-state index >= 15 is 0 Å². The summed E-state index contributed by atoms with van der Waals surface area (Å²) in [5, 5.41) is 2.53. The number of carbonyl (C=O) groups is 1. The first-order chi connectivity index (χ1) is 16.4. The van der Waals surface area contributed by atoms with Crippen molar-refractivity contribution in [2.24, 2.45) is 17.6 Å². The number of hydrogen-bond acceptors (Lipinski definition) is 4. The molecular weight excluding hydrogens is 448 g/mol. The van der Waals surface area contributed by atoms with Crippen LogP contribution in [-0.2, 0) is 6.54 Å². The molecule has 0 spiro atoms. The van der Waals surface area contributed by atoms with Gasteiger partial charge in [-0.15, -0.1) is 0 Å². The number of nitrogens with zero attached hydrogens (tertiary/aromatic N) is 3. The van der Waals surface area contributed by atoms with E-state index in [9.17, 15) is 4.79 Å². The molecule has 174 valence electrons. The van der Waals surface area contributed by atoms with Gasteiger partial charge in [-0.25, -0.2) is 4.98 Å². The van der Waals surface area contributed by atoms with Gasteiger partial charge in [0.1, 0.15) is 16.4 Å². The van der Waals surface area contributed by atoms with Crippen LogP contribution in [0.4, 0.5) is 0 Å². The van der Waals surface area contributed by atoms with Crippen molar-refractivity contribution in [2.45, 2.75) is 39.7 Å². The quantitative estimate of drug-likeness (QED) is 0.354. The lowest BCUT2D eigenvalue weighted by Gasteiger charge is -2.15. The van der Waals surface area contributed by atoms with Gasteiger partial charge in [-0.3, -0.25) is 4.79 Å². The minimum Gasteiger partial charge on any atom is -0.454 e. The van der Waals surface area contributed by atoms with E-state index < -0.39 is 0 Å². The second kappa shape index (κ2) is 7.91. The fraction of sp³-hybridized carbons (Fsp3) is 0.333. The van der Waals surface area contributed by atoms with E-state index in [1.807, 2.05) is 30.3 Å². The van der Waals surface area contributed by atoms with Gasteiger partial charge in [0, 0.05) is 52.8 Å². The van der Waals surface area contributed by atoms with E-state index in [0.29, 0.717) is 28.8 Å². The Kier molecular flexibility index (Phi) is 4.96. The van der Waals surface area contributed by atoms with E-state index in [2.05, 4.69) is 29.5 Å². The Morgan fingerprint density at radius 1 is 1.24 bits per heavy atom. The second-order valence-corrected chi connectivity index (χ2v) is 9.98. The minimum atomic E-state index is -0.0573. The van der Waals surface area contributed by atoms with Gasteiger partial charge < -0.3 is 19.6 Å². The number of benzene rings is 1. The lowest BCUT2D eigenvalue weighted by molar-refractivity contribution is 0.0823. The highest BCUT2D eigenvalue weighted by Gasteiger charge is 2.28. The maximum atomic E-state index is 13.2. The van der Waals surface area contributed by atoms with Gasteiger partial charge in [-0.05, 0) is 62.4 Å². The Morgan fingerprint density at radius 2 is 2.06 bits per heavy atom. The molecule has 1 saturated carbocycles. The van der Waals surface area contributed by atoms with Crippen LogP contribution in [0.3, 0.4) is 0 Å². The largest absolute Gasteiger partial charge is 0.454 e. The number of pyridine rings is 1. The van der Waals surface area contributed by atoms with Crippen molar-refractivity contribution in [3.05, 3.63) is 64.6 Å². The number of aromatic nitrogens is 2. The van der Waals surface area contributed by atoms with Crippen LogP contribution in [0, 0.1) is 18.8 Å². The number of nitrogens with two attached hydrogens (primary N) is 1. The zero-order chi connectivity index (χ0) is 23.6. The molecule has 4 heterocycles. The SMILES string of the molecule is CCC1CN(C(=O)c2ccc3c(C)c(-c4cc5ccc(Cl)nc5n4CC4CC4)oc3c2)C=C1N. The van der Waals surface area contributed by atoms with Crippen molar-refractivity contribution in [3.63, 3.8) is 0 Å². The second-order valence-electron chi connectivity index (χ2n) is 9.59. The van der Waals surface area contributed by atoms with Crippen LogP contribution in [0.1, 0.15) is 42.1 Å². The Balaban J connectivity index is 1.42. The van der Waals surface area contributed by atoms with Gasteiger partial charge in [0.15, 0.2) is 5.76 Å². The summed E-state index contributed by atoms with van der Waals surface area (Å²) in [5.74, 6) is 1.64. The lowest BCUT2D eigenvalue weighted by Crippen LogP contribution is -2.26. The van der Waals surface area contributed by atoms with Crippen LogP contribution in [0.15, 0.2) is 52.7 Å². The molecule has 4 aromatic rings. The minimum absolute atomic E-state index is 0.0573. The first kappa shape index (κ1) is 21.3. The maximum Gasteiger partial charge on any atom is 0.258 e. The summed E-state index contributed by atoms with van der Waals surface area (Å²) in [4.78, 5) is 19.5. The normalized spacial score (nSPS) is 18.3. The summed E-state index contributed by atoms with van der Waals surface area (Å²) in [7, 11) is 0. The van der Waals surface area contributed by atoms with Crippen LogP contribution in [0.25, 0.3) is 33.5 Å². The van der Waals surface area contributed by atoms with E-state index in [-0.39, 0.29) is 11.8 Å². The average Bonchev–Trinajstić information content (AvgIpc) is 3.36. The molecule has 0 saturated heterocycles. The molecule has 0 radical (unpaired) electrons. The molecule has 3 aromatic heterocycles. The fourth-order valence-corrected chi connectivity index (χ4v) is 5.13. The van der Waals surface area contributed by atoms with E-state index in [1.54, 1.807) is 11.1 Å². The molecule has 6 rings (SSSR count).